The Labute approximate surface area is 208 Å². The topological polar surface area (TPSA) is 98.5 Å². The molecule has 0 radical (unpaired) electrons. The van der Waals surface area contributed by atoms with Crippen molar-refractivity contribution >= 4 is 28.2 Å². The minimum atomic E-state index is -0.440. The molecule has 8 nitrogen and oxygen atoms in total. The van der Waals surface area contributed by atoms with Gasteiger partial charge in [0.05, 0.1) is 26.5 Å². The number of nitrogens with one attached hydrogen (secondary N) is 2. The van der Waals surface area contributed by atoms with Crippen molar-refractivity contribution in [2.24, 2.45) is 0 Å². The number of hydrogen-bond acceptors (Lipinski definition) is 8. The second-order valence-corrected chi connectivity index (χ2v) is 9.08. The van der Waals surface area contributed by atoms with Gasteiger partial charge in [-0.15, -0.1) is 11.3 Å². The Hall–Kier alpha value is -3.85. The monoisotopic (exact) mass is 492 g/mol. The molecular formula is C26H28N4O4S. The first-order chi connectivity index (χ1) is 16.9. The highest BCUT2D eigenvalue weighted by atomic mass is 32.1. The van der Waals surface area contributed by atoms with Crippen LogP contribution in [0.2, 0.25) is 0 Å². The Morgan fingerprint density at radius 3 is 2.46 bits per heavy atom. The number of thiophene rings is 1. The SMILES string of the molecule is CCc1cc([C@@H](Nc2nc(C)cc(C)n2)c2cc(OC)ccc2OC)c(NC(=O)c2ccco2)s1. The third-order valence-electron chi connectivity index (χ3n) is 5.45. The van der Waals surface area contributed by atoms with E-state index in [4.69, 9.17) is 13.9 Å². The number of aromatic nitrogens is 2. The summed E-state index contributed by atoms with van der Waals surface area (Å²) in [6.07, 6.45) is 2.29. The summed E-state index contributed by atoms with van der Waals surface area (Å²) in [7, 11) is 3.25. The minimum Gasteiger partial charge on any atom is -0.497 e. The largest absolute Gasteiger partial charge is 0.497 e. The van der Waals surface area contributed by atoms with Crippen molar-refractivity contribution in [1.82, 2.24) is 9.97 Å². The predicted molar refractivity (Wildman–Crippen MR) is 137 cm³/mol. The van der Waals surface area contributed by atoms with Gasteiger partial charge in [0.25, 0.3) is 5.91 Å². The summed E-state index contributed by atoms with van der Waals surface area (Å²) in [4.78, 5) is 23.2. The van der Waals surface area contributed by atoms with Crippen molar-refractivity contribution in [3.8, 4) is 11.5 Å². The molecule has 3 aromatic heterocycles. The zero-order valence-corrected chi connectivity index (χ0v) is 21.2. The van der Waals surface area contributed by atoms with Crippen LogP contribution in [0.1, 0.15) is 50.9 Å². The molecule has 0 fully saturated rings. The number of ether oxygens (including phenoxy) is 2. The fourth-order valence-electron chi connectivity index (χ4n) is 3.82. The van der Waals surface area contributed by atoms with Crippen LogP contribution >= 0.6 is 11.3 Å². The molecule has 1 atom stereocenters. The molecule has 0 saturated heterocycles. The summed E-state index contributed by atoms with van der Waals surface area (Å²) in [5.74, 6) is 1.74. The summed E-state index contributed by atoms with van der Waals surface area (Å²) < 4.78 is 16.5. The maximum atomic E-state index is 12.9. The number of furan rings is 1. The summed E-state index contributed by atoms with van der Waals surface area (Å²) in [6, 6.07) is 12.5. The lowest BCUT2D eigenvalue weighted by Gasteiger charge is -2.23. The van der Waals surface area contributed by atoms with E-state index >= 15 is 0 Å². The molecule has 35 heavy (non-hydrogen) atoms. The summed E-state index contributed by atoms with van der Waals surface area (Å²) in [6.45, 7) is 5.93. The van der Waals surface area contributed by atoms with Crippen LogP contribution in [-0.2, 0) is 6.42 Å². The lowest BCUT2D eigenvalue weighted by molar-refractivity contribution is 0.0997. The van der Waals surface area contributed by atoms with Crippen LogP contribution in [0, 0.1) is 13.8 Å². The molecule has 0 unspecified atom stereocenters. The molecule has 1 aromatic carbocycles. The lowest BCUT2D eigenvalue weighted by Crippen LogP contribution is -2.18. The van der Waals surface area contributed by atoms with Crippen molar-refractivity contribution in [2.75, 3.05) is 24.9 Å². The number of hydrogen-bond donors (Lipinski definition) is 2. The van der Waals surface area contributed by atoms with Gasteiger partial charge in [-0.25, -0.2) is 9.97 Å². The number of benzene rings is 1. The Morgan fingerprint density at radius 1 is 1.06 bits per heavy atom. The number of nitrogens with zero attached hydrogens (tertiary/aromatic N) is 2. The smallest absolute Gasteiger partial charge is 0.291 e. The van der Waals surface area contributed by atoms with Gasteiger partial charge in [-0.3, -0.25) is 4.79 Å². The lowest BCUT2D eigenvalue weighted by atomic mass is 9.98. The molecule has 9 heteroatoms. The van der Waals surface area contributed by atoms with Crippen molar-refractivity contribution < 1.29 is 18.7 Å². The average Bonchev–Trinajstić information content (AvgIpc) is 3.52. The average molecular weight is 493 g/mol. The van der Waals surface area contributed by atoms with Crippen LogP contribution < -0.4 is 20.1 Å². The zero-order chi connectivity index (χ0) is 24.9. The highest BCUT2D eigenvalue weighted by molar-refractivity contribution is 7.16. The van der Waals surface area contributed by atoms with E-state index in [0.717, 1.165) is 33.8 Å². The Kier molecular flexibility index (Phi) is 7.36. The number of amides is 1. The standard InChI is InChI=1S/C26H28N4O4S/c1-6-18-14-20(25(35-18)30-24(31)22-8-7-11-34-22)23(29-26-27-15(2)12-16(3)28-26)19-13-17(32-4)9-10-21(19)33-5/h7-14,23H,6H2,1-5H3,(H,30,31)(H,27,28,29)/t23-/m0/s1. The number of methoxy groups -OCH3 is 2. The summed E-state index contributed by atoms with van der Waals surface area (Å²) in [5.41, 5.74) is 3.38. The molecule has 0 aliphatic rings. The molecule has 2 N–H and O–H groups in total. The predicted octanol–water partition coefficient (Wildman–Crippen LogP) is 5.78. The van der Waals surface area contributed by atoms with Gasteiger partial charge < -0.3 is 24.5 Å². The van der Waals surface area contributed by atoms with Gasteiger partial charge in [0, 0.05) is 27.4 Å². The number of anilines is 2. The molecular weight excluding hydrogens is 464 g/mol. The first kappa shape index (κ1) is 24.3. The molecule has 3 heterocycles. The van der Waals surface area contributed by atoms with Gasteiger partial charge in [-0.1, -0.05) is 6.92 Å². The third-order valence-corrected chi connectivity index (χ3v) is 6.66. The fourth-order valence-corrected chi connectivity index (χ4v) is 4.86. The molecule has 0 bridgehead atoms. The van der Waals surface area contributed by atoms with Crippen LogP contribution in [0.15, 0.2) is 53.1 Å². The number of aryl methyl sites for hydroxylation is 3. The van der Waals surface area contributed by atoms with E-state index in [-0.39, 0.29) is 11.7 Å². The molecule has 182 valence electrons. The van der Waals surface area contributed by atoms with E-state index in [0.29, 0.717) is 22.4 Å². The zero-order valence-electron chi connectivity index (χ0n) is 20.3. The van der Waals surface area contributed by atoms with E-state index in [2.05, 4.69) is 33.6 Å². The van der Waals surface area contributed by atoms with Gasteiger partial charge >= 0.3 is 0 Å². The van der Waals surface area contributed by atoms with Gasteiger partial charge in [0.2, 0.25) is 5.95 Å². The van der Waals surface area contributed by atoms with E-state index in [1.165, 1.54) is 17.6 Å². The fraction of sp³-hybridized carbons (Fsp3) is 0.269. The molecule has 4 rings (SSSR count). The number of rotatable bonds is 9. The normalized spacial score (nSPS) is 11.7. The van der Waals surface area contributed by atoms with E-state index in [1.54, 1.807) is 26.4 Å². The number of carbonyl (C=O) groups excluding carboxylic acids is 1. The van der Waals surface area contributed by atoms with Crippen LogP contribution in [0.25, 0.3) is 0 Å². The molecule has 0 spiro atoms. The highest BCUT2D eigenvalue weighted by Gasteiger charge is 2.26. The molecule has 0 aliphatic heterocycles. The second-order valence-electron chi connectivity index (χ2n) is 7.94. The molecule has 0 aliphatic carbocycles. The Morgan fingerprint density at radius 2 is 1.83 bits per heavy atom. The third kappa shape index (κ3) is 5.46. The van der Waals surface area contributed by atoms with Crippen molar-refractivity contribution in [3.63, 3.8) is 0 Å². The highest BCUT2D eigenvalue weighted by Crippen LogP contribution is 2.41. The van der Waals surface area contributed by atoms with Gasteiger partial charge in [0.1, 0.15) is 16.5 Å². The Bertz CT molecular complexity index is 1300. The maximum Gasteiger partial charge on any atom is 0.291 e. The van der Waals surface area contributed by atoms with E-state index in [9.17, 15) is 4.79 Å². The summed E-state index contributed by atoms with van der Waals surface area (Å²) >= 11 is 1.52. The summed E-state index contributed by atoms with van der Waals surface area (Å²) in [5, 5.41) is 7.21. The van der Waals surface area contributed by atoms with Crippen LogP contribution in [0.3, 0.4) is 0 Å². The van der Waals surface area contributed by atoms with Gasteiger partial charge in [-0.05, 0) is 62.7 Å². The molecule has 4 aromatic rings. The van der Waals surface area contributed by atoms with Crippen LogP contribution in [0.5, 0.6) is 11.5 Å². The van der Waals surface area contributed by atoms with Crippen molar-refractivity contribution in [3.05, 3.63) is 81.9 Å². The molecule has 1 amide bonds. The van der Waals surface area contributed by atoms with Gasteiger partial charge in [-0.2, -0.15) is 0 Å². The second kappa shape index (κ2) is 10.6. The van der Waals surface area contributed by atoms with E-state index < -0.39 is 6.04 Å². The van der Waals surface area contributed by atoms with Crippen LogP contribution in [0.4, 0.5) is 10.9 Å². The minimum absolute atomic E-state index is 0.239. The quantitative estimate of drug-likeness (QED) is 0.305. The maximum absolute atomic E-state index is 12.9. The first-order valence-corrected chi connectivity index (χ1v) is 12.0. The van der Waals surface area contributed by atoms with E-state index in [1.807, 2.05) is 38.1 Å². The van der Waals surface area contributed by atoms with Crippen LogP contribution in [-0.4, -0.2) is 30.1 Å². The number of carbonyl (C=O) groups is 1. The van der Waals surface area contributed by atoms with Crippen molar-refractivity contribution in [2.45, 2.75) is 33.2 Å². The molecule has 0 saturated carbocycles. The van der Waals surface area contributed by atoms with Crippen molar-refractivity contribution in [1.29, 1.82) is 0 Å². The first-order valence-electron chi connectivity index (χ1n) is 11.2. The Balaban J connectivity index is 1.85. The van der Waals surface area contributed by atoms with Gasteiger partial charge in [0.15, 0.2) is 5.76 Å².